The van der Waals surface area contributed by atoms with Crippen molar-refractivity contribution in [2.75, 3.05) is 19.7 Å². The number of hydrogen-bond donors (Lipinski definition) is 1. The number of carbonyl (C=O) groups is 1. The first-order valence-corrected chi connectivity index (χ1v) is 6.57. The van der Waals surface area contributed by atoms with E-state index < -0.39 is 0 Å². The van der Waals surface area contributed by atoms with E-state index in [0.29, 0.717) is 13.2 Å². The van der Waals surface area contributed by atoms with E-state index in [9.17, 15) is 4.79 Å². The van der Waals surface area contributed by atoms with E-state index in [-0.39, 0.29) is 17.8 Å². The highest BCUT2D eigenvalue weighted by Gasteiger charge is 2.36. The van der Waals surface area contributed by atoms with Crippen LogP contribution >= 0.6 is 0 Å². The van der Waals surface area contributed by atoms with E-state index >= 15 is 0 Å². The first kappa shape index (κ1) is 13.1. The maximum absolute atomic E-state index is 11.9. The van der Waals surface area contributed by atoms with Gasteiger partial charge in [-0.2, -0.15) is 5.10 Å². The molecule has 2 atom stereocenters. The van der Waals surface area contributed by atoms with Gasteiger partial charge in [0.1, 0.15) is 0 Å². The van der Waals surface area contributed by atoms with Crippen molar-refractivity contribution < 1.29 is 9.53 Å². The molecule has 1 aliphatic rings. The Labute approximate surface area is 108 Å². The van der Waals surface area contributed by atoms with Crippen molar-refractivity contribution in [1.29, 1.82) is 0 Å². The molecule has 1 aromatic heterocycles. The molecule has 2 heterocycles. The van der Waals surface area contributed by atoms with E-state index in [1.807, 2.05) is 24.9 Å². The van der Waals surface area contributed by atoms with Gasteiger partial charge in [-0.05, 0) is 18.9 Å². The highest BCUT2D eigenvalue weighted by atomic mass is 16.5. The van der Waals surface area contributed by atoms with Crippen LogP contribution in [-0.4, -0.2) is 35.4 Å². The second kappa shape index (κ2) is 5.52. The SMILES string of the molecule is CCOC(=O)C1CNCC1c1cn(C)nc1CC. The zero-order valence-corrected chi connectivity index (χ0v) is 11.3. The Bertz CT molecular complexity index is 428. The molecule has 0 radical (unpaired) electrons. The Morgan fingerprint density at radius 3 is 3.00 bits per heavy atom. The number of nitrogens with one attached hydrogen (secondary N) is 1. The maximum atomic E-state index is 11.9. The lowest BCUT2D eigenvalue weighted by Crippen LogP contribution is -2.24. The van der Waals surface area contributed by atoms with Gasteiger partial charge in [0.2, 0.25) is 0 Å². The van der Waals surface area contributed by atoms with Gasteiger partial charge in [0.15, 0.2) is 0 Å². The van der Waals surface area contributed by atoms with Crippen molar-refractivity contribution in [3.8, 4) is 0 Å². The molecule has 5 heteroatoms. The predicted molar refractivity (Wildman–Crippen MR) is 68.3 cm³/mol. The van der Waals surface area contributed by atoms with Crippen LogP contribution in [0.15, 0.2) is 6.20 Å². The largest absolute Gasteiger partial charge is 0.466 e. The fraction of sp³-hybridized carbons (Fsp3) is 0.692. The molecule has 2 unspecified atom stereocenters. The van der Waals surface area contributed by atoms with Crippen LogP contribution in [0.2, 0.25) is 0 Å². The summed E-state index contributed by atoms with van der Waals surface area (Å²) in [7, 11) is 1.92. The summed E-state index contributed by atoms with van der Waals surface area (Å²) in [6, 6.07) is 0. The third-order valence-electron chi connectivity index (χ3n) is 3.48. The van der Waals surface area contributed by atoms with Gasteiger partial charge in [-0.25, -0.2) is 0 Å². The van der Waals surface area contributed by atoms with Crippen LogP contribution < -0.4 is 5.32 Å². The monoisotopic (exact) mass is 251 g/mol. The van der Waals surface area contributed by atoms with E-state index in [1.54, 1.807) is 0 Å². The van der Waals surface area contributed by atoms with Gasteiger partial charge >= 0.3 is 5.97 Å². The number of nitrogens with zero attached hydrogens (tertiary/aromatic N) is 2. The molecule has 18 heavy (non-hydrogen) atoms. The Morgan fingerprint density at radius 1 is 1.56 bits per heavy atom. The minimum absolute atomic E-state index is 0.0838. The Kier molecular flexibility index (Phi) is 4.01. The van der Waals surface area contributed by atoms with Crippen molar-refractivity contribution in [2.45, 2.75) is 26.2 Å². The molecule has 0 aromatic carbocycles. The first-order valence-electron chi connectivity index (χ1n) is 6.57. The summed E-state index contributed by atoms with van der Waals surface area (Å²) in [4.78, 5) is 11.9. The number of hydrogen-bond acceptors (Lipinski definition) is 4. The fourth-order valence-corrected chi connectivity index (χ4v) is 2.64. The summed E-state index contributed by atoms with van der Waals surface area (Å²) in [6.07, 6.45) is 2.92. The van der Waals surface area contributed by atoms with Gasteiger partial charge in [0.25, 0.3) is 0 Å². The van der Waals surface area contributed by atoms with Crippen LogP contribution in [0.5, 0.6) is 0 Å². The van der Waals surface area contributed by atoms with Gasteiger partial charge in [-0.15, -0.1) is 0 Å². The second-order valence-corrected chi connectivity index (χ2v) is 4.68. The van der Waals surface area contributed by atoms with Crippen LogP contribution in [0.25, 0.3) is 0 Å². The predicted octanol–water partition coefficient (Wildman–Crippen LogP) is 0.849. The molecule has 0 spiro atoms. The lowest BCUT2D eigenvalue weighted by atomic mass is 9.89. The molecule has 2 rings (SSSR count). The zero-order valence-electron chi connectivity index (χ0n) is 11.3. The Balaban J connectivity index is 2.22. The molecular weight excluding hydrogens is 230 g/mol. The summed E-state index contributed by atoms with van der Waals surface area (Å²) >= 11 is 0. The lowest BCUT2D eigenvalue weighted by molar-refractivity contribution is -0.147. The lowest BCUT2D eigenvalue weighted by Gasteiger charge is -2.16. The molecule has 1 N–H and O–H groups in total. The van der Waals surface area contributed by atoms with Crippen LogP contribution in [0.3, 0.4) is 0 Å². The summed E-state index contributed by atoms with van der Waals surface area (Å²) in [5, 5.41) is 7.73. The standard InChI is InChI=1S/C13H21N3O2/c1-4-12-11(8-16(3)15-12)9-6-14-7-10(9)13(17)18-5-2/h8-10,14H,4-7H2,1-3H3. The summed E-state index contributed by atoms with van der Waals surface area (Å²) < 4.78 is 6.98. The molecule has 1 saturated heterocycles. The van der Waals surface area contributed by atoms with Gasteiger partial charge < -0.3 is 10.1 Å². The van der Waals surface area contributed by atoms with Crippen LogP contribution in [0, 0.1) is 5.92 Å². The number of ether oxygens (including phenoxy) is 1. The van der Waals surface area contributed by atoms with Crippen molar-refractivity contribution in [1.82, 2.24) is 15.1 Å². The smallest absolute Gasteiger partial charge is 0.310 e. The molecule has 5 nitrogen and oxygen atoms in total. The molecule has 100 valence electrons. The number of aryl methyl sites for hydroxylation is 2. The third-order valence-corrected chi connectivity index (χ3v) is 3.48. The van der Waals surface area contributed by atoms with Crippen LogP contribution in [-0.2, 0) is 23.0 Å². The number of esters is 1. The average molecular weight is 251 g/mol. The molecular formula is C13H21N3O2. The normalized spacial score (nSPS) is 23.3. The fourth-order valence-electron chi connectivity index (χ4n) is 2.64. The minimum Gasteiger partial charge on any atom is -0.466 e. The van der Waals surface area contributed by atoms with Crippen molar-refractivity contribution in [3.05, 3.63) is 17.5 Å². The summed E-state index contributed by atoms with van der Waals surface area (Å²) in [5.74, 6) is 0.00514. The highest BCUT2D eigenvalue weighted by molar-refractivity contribution is 5.74. The van der Waals surface area contributed by atoms with E-state index in [0.717, 1.165) is 18.7 Å². The topological polar surface area (TPSA) is 56.1 Å². The second-order valence-electron chi connectivity index (χ2n) is 4.68. The number of aromatic nitrogens is 2. The maximum Gasteiger partial charge on any atom is 0.310 e. The highest BCUT2D eigenvalue weighted by Crippen LogP contribution is 2.31. The summed E-state index contributed by atoms with van der Waals surface area (Å²) in [6.45, 7) is 5.89. The first-order chi connectivity index (χ1) is 8.67. The molecule has 0 bridgehead atoms. The van der Waals surface area contributed by atoms with Gasteiger partial charge in [0, 0.05) is 32.3 Å². The Morgan fingerprint density at radius 2 is 2.33 bits per heavy atom. The summed E-state index contributed by atoms with van der Waals surface area (Å²) in [5.41, 5.74) is 2.27. The quantitative estimate of drug-likeness (QED) is 0.806. The minimum atomic E-state index is -0.0987. The van der Waals surface area contributed by atoms with Crippen molar-refractivity contribution in [3.63, 3.8) is 0 Å². The molecule has 1 aliphatic heterocycles. The van der Waals surface area contributed by atoms with Crippen molar-refractivity contribution in [2.24, 2.45) is 13.0 Å². The van der Waals surface area contributed by atoms with E-state index in [4.69, 9.17) is 4.74 Å². The van der Waals surface area contributed by atoms with Gasteiger partial charge in [-0.3, -0.25) is 9.48 Å². The van der Waals surface area contributed by atoms with Gasteiger partial charge in [-0.1, -0.05) is 6.92 Å². The molecule has 0 amide bonds. The van der Waals surface area contributed by atoms with E-state index in [1.165, 1.54) is 5.56 Å². The third kappa shape index (κ3) is 2.41. The van der Waals surface area contributed by atoms with Crippen LogP contribution in [0.1, 0.15) is 31.0 Å². The molecule has 1 aromatic rings. The Hall–Kier alpha value is -1.36. The molecule has 0 saturated carbocycles. The van der Waals surface area contributed by atoms with Gasteiger partial charge in [0.05, 0.1) is 18.2 Å². The van der Waals surface area contributed by atoms with Crippen molar-refractivity contribution >= 4 is 5.97 Å². The van der Waals surface area contributed by atoms with Crippen LogP contribution in [0.4, 0.5) is 0 Å². The number of rotatable bonds is 4. The zero-order chi connectivity index (χ0) is 13.1. The van der Waals surface area contributed by atoms with E-state index in [2.05, 4.69) is 17.3 Å². The molecule has 0 aliphatic carbocycles. The number of carbonyl (C=O) groups excluding carboxylic acids is 1. The average Bonchev–Trinajstić information content (AvgIpc) is 2.94. The molecule has 1 fully saturated rings.